The normalized spacial score (nSPS) is 17.5. The van der Waals surface area contributed by atoms with E-state index in [1.165, 1.54) is 12.1 Å². The predicted molar refractivity (Wildman–Crippen MR) is 103 cm³/mol. The van der Waals surface area contributed by atoms with Gasteiger partial charge in [-0.3, -0.25) is 9.67 Å². The maximum absolute atomic E-state index is 4.49. The number of likely N-dealkylation sites (tertiary alicyclic amines) is 1. The summed E-state index contributed by atoms with van der Waals surface area (Å²) in [5.41, 5.74) is 2.73. The second kappa shape index (κ2) is 8.17. The van der Waals surface area contributed by atoms with Crippen LogP contribution in [0.5, 0.6) is 0 Å². The third-order valence-corrected chi connectivity index (χ3v) is 4.12. The molecule has 0 saturated carbocycles. The summed E-state index contributed by atoms with van der Waals surface area (Å²) in [6.45, 7) is 12.9. The van der Waals surface area contributed by atoms with Gasteiger partial charge in [0.15, 0.2) is 5.96 Å². The highest BCUT2D eigenvalue weighted by atomic mass is 127. The number of aliphatic imine (C=N–C) groups is 1. The molecule has 0 atom stereocenters. The van der Waals surface area contributed by atoms with E-state index >= 15 is 0 Å². The van der Waals surface area contributed by atoms with Gasteiger partial charge < -0.3 is 10.2 Å². The van der Waals surface area contributed by atoms with E-state index in [4.69, 9.17) is 0 Å². The molecule has 0 radical (unpaired) electrons. The zero-order chi connectivity index (χ0) is 15.5. The lowest BCUT2D eigenvalue weighted by atomic mass is 9.93. The van der Waals surface area contributed by atoms with Crippen molar-refractivity contribution in [1.82, 2.24) is 20.0 Å². The molecular formula is C16H30IN5. The number of nitrogens with one attached hydrogen (secondary N) is 1. The second-order valence-electron chi connectivity index (χ2n) is 6.81. The van der Waals surface area contributed by atoms with Crippen LogP contribution in [0.4, 0.5) is 0 Å². The number of aromatic nitrogens is 2. The Labute approximate surface area is 151 Å². The Hall–Kier alpha value is -0.790. The van der Waals surface area contributed by atoms with Crippen molar-refractivity contribution in [1.29, 1.82) is 0 Å². The van der Waals surface area contributed by atoms with Crippen molar-refractivity contribution in [2.75, 3.05) is 26.7 Å². The quantitative estimate of drug-likeness (QED) is 0.353. The molecule has 22 heavy (non-hydrogen) atoms. The van der Waals surface area contributed by atoms with Gasteiger partial charge in [0.2, 0.25) is 0 Å². The van der Waals surface area contributed by atoms with Crippen LogP contribution in [0, 0.1) is 19.3 Å². The van der Waals surface area contributed by atoms with Gasteiger partial charge >= 0.3 is 0 Å². The fourth-order valence-corrected chi connectivity index (χ4v) is 2.96. The Balaban J connectivity index is 0.00000242. The van der Waals surface area contributed by atoms with Gasteiger partial charge in [0.25, 0.3) is 0 Å². The summed E-state index contributed by atoms with van der Waals surface area (Å²) in [6.07, 6.45) is 2.29. The lowest BCUT2D eigenvalue weighted by Crippen LogP contribution is -2.41. The summed E-state index contributed by atoms with van der Waals surface area (Å²) in [5, 5.41) is 7.97. The number of nitrogens with zero attached hydrogens (tertiary/aromatic N) is 4. The van der Waals surface area contributed by atoms with Gasteiger partial charge in [-0.25, -0.2) is 0 Å². The summed E-state index contributed by atoms with van der Waals surface area (Å²) in [7, 11) is 1.87. The molecule has 0 aromatic carbocycles. The standard InChI is InChI=1S/C16H29N5.HI/c1-13-11-14(2)21(19-13)9-6-8-18-15(17-5)20-10-7-16(3,4)12-20;/h11H,6-10,12H2,1-5H3,(H,17,18);1H. The van der Waals surface area contributed by atoms with Gasteiger partial charge in [-0.15, -0.1) is 24.0 Å². The minimum absolute atomic E-state index is 0. The van der Waals surface area contributed by atoms with Crippen molar-refractivity contribution in [3.05, 3.63) is 17.5 Å². The minimum Gasteiger partial charge on any atom is -0.356 e. The van der Waals surface area contributed by atoms with E-state index in [2.05, 4.69) is 51.8 Å². The lowest BCUT2D eigenvalue weighted by molar-refractivity contribution is 0.369. The highest BCUT2D eigenvalue weighted by Crippen LogP contribution is 2.28. The fourth-order valence-electron chi connectivity index (χ4n) is 2.96. The highest BCUT2D eigenvalue weighted by molar-refractivity contribution is 14.0. The third kappa shape index (κ3) is 5.14. The Morgan fingerprint density at radius 3 is 2.64 bits per heavy atom. The summed E-state index contributed by atoms with van der Waals surface area (Å²) in [5.74, 6) is 1.04. The minimum atomic E-state index is 0. The summed E-state index contributed by atoms with van der Waals surface area (Å²) >= 11 is 0. The molecule has 0 amide bonds. The predicted octanol–water partition coefficient (Wildman–Crippen LogP) is 2.82. The molecule has 1 aliphatic heterocycles. The number of hydrogen-bond donors (Lipinski definition) is 1. The van der Waals surface area contributed by atoms with E-state index in [-0.39, 0.29) is 24.0 Å². The van der Waals surface area contributed by atoms with Crippen LogP contribution in [0.2, 0.25) is 0 Å². The van der Waals surface area contributed by atoms with Crippen LogP contribution in [0.3, 0.4) is 0 Å². The third-order valence-electron chi connectivity index (χ3n) is 4.12. The van der Waals surface area contributed by atoms with E-state index in [1.807, 2.05) is 14.0 Å². The molecule has 2 heterocycles. The summed E-state index contributed by atoms with van der Waals surface area (Å²) < 4.78 is 2.08. The van der Waals surface area contributed by atoms with Crippen molar-refractivity contribution in [2.24, 2.45) is 10.4 Å². The average Bonchev–Trinajstić information content (AvgIpc) is 2.92. The monoisotopic (exact) mass is 419 g/mol. The molecule has 0 spiro atoms. The van der Waals surface area contributed by atoms with Crippen molar-refractivity contribution >= 4 is 29.9 Å². The largest absolute Gasteiger partial charge is 0.356 e. The van der Waals surface area contributed by atoms with E-state index < -0.39 is 0 Å². The Morgan fingerprint density at radius 1 is 1.41 bits per heavy atom. The van der Waals surface area contributed by atoms with Gasteiger partial charge in [0.1, 0.15) is 0 Å². The lowest BCUT2D eigenvalue weighted by Gasteiger charge is -2.23. The topological polar surface area (TPSA) is 45.5 Å². The molecule has 0 bridgehead atoms. The van der Waals surface area contributed by atoms with Gasteiger partial charge in [-0.1, -0.05) is 13.8 Å². The van der Waals surface area contributed by atoms with Crippen LogP contribution in [-0.4, -0.2) is 47.3 Å². The molecular weight excluding hydrogens is 389 g/mol. The van der Waals surface area contributed by atoms with Gasteiger partial charge in [0.05, 0.1) is 5.69 Å². The SMILES string of the molecule is CN=C(NCCCn1nc(C)cc1C)N1CCC(C)(C)C1.I. The molecule has 5 nitrogen and oxygen atoms in total. The zero-order valence-corrected chi connectivity index (χ0v) is 16.8. The van der Waals surface area contributed by atoms with Crippen LogP contribution in [-0.2, 0) is 6.54 Å². The number of rotatable bonds is 4. The van der Waals surface area contributed by atoms with E-state index in [0.29, 0.717) is 5.41 Å². The van der Waals surface area contributed by atoms with Crippen molar-refractivity contribution < 1.29 is 0 Å². The first kappa shape index (κ1) is 19.3. The first-order valence-electron chi connectivity index (χ1n) is 7.88. The van der Waals surface area contributed by atoms with E-state index in [0.717, 1.165) is 44.3 Å². The first-order valence-corrected chi connectivity index (χ1v) is 7.88. The molecule has 0 aliphatic carbocycles. The molecule has 2 rings (SSSR count). The number of guanidine groups is 1. The molecule has 1 aliphatic rings. The highest BCUT2D eigenvalue weighted by Gasteiger charge is 2.30. The van der Waals surface area contributed by atoms with Crippen LogP contribution in [0.1, 0.15) is 38.1 Å². The molecule has 126 valence electrons. The molecule has 1 fully saturated rings. The van der Waals surface area contributed by atoms with Gasteiger partial charge in [-0.2, -0.15) is 5.10 Å². The van der Waals surface area contributed by atoms with Crippen LogP contribution in [0.25, 0.3) is 0 Å². The molecule has 1 saturated heterocycles. The van der Waals surface area contributed by atoms with Crippen LogP contribution >= 0.6 is 24.0 Å². The summed E-state index contributed by atoms with van der Waals surface area (Å²) in [4.78, 5) is 6.78. The number of aryl methyl sites for hydroxylation is 3. The van der Waals surface area contributed by atoms with Crippen molar-refractivity contribution in [2.45, 2.75) is 47.1 Å². The first-order chi connectivity index (χ1) is 9.91. The molecule has 0 unspecified atom stereocenters. The summed E-state index contributed by atoms with van der Waals surface area (Å²) in [6, 6.07) is 2.12. The van der Waals surface area contributed by atoms with E-state index in [1.54, 1.807) is 0 Å². The second-order valence-corrected chi connectivity index (χ2v) is 6.81. The number of hydrogen-bond acceptors (Lipinski definition) is 2. The maximum Gasteiger partial charge on any atom is 0.193 e. The average molecular weight is 419 g/mol. The van der Waals surface area contributed by atoms with Gasteiger partial charge in [0, 0.05) is 38.9 Å². The molecule has 6 heteroatoms. The van der Waals surface area contributed by atoms with Crippen LogP contribution in [0.15, 0.2) is 11.1 Å². The molecule has 1 aromatic rings. The van der Waals surface area contributed by atoms with Crippen molar-refractivity contribution in [3.8, 4) is 0 Å². The van der Waals surface area contributed by atoms with Gasteiger partial charge in [-0.05, 0) is 38.2 Å². The molecule has 1 N–H and O–H groups in total. The number of halogens is 1. The Bertz CT molecular complexity index is 507. The van der Waals surface area contributed by atoms with Crippen LogP contribution < -0.4 is 5.32 Å². The fraction of sp³-hybridized carbons (Fsp3) is 0.750. The molecule has 1 aromatic heterocycles. The Morgan fingerprint density at radius 2 is 2.14 bits per heavy atom. The van der Waals surface area contributed by atoms with E-state index in [9.17, 15) is 0 Å². The maximum atomic E-state index is 4.49. The Kier molecular flexibility index (Phi) is 7.15. The van der Waals surface area contributed by atoms with Crippen molar-refractivity contribution in [3.63, 3.8) is 0 Å². The smallest absolute Gasteiger partial charge is 0.193 e. The zero-order valence-electron chi connectivity index (χ0n) is 14.5.